The van der Waals surface area contributed by atoms with Gasteiger partial charge in [0.1, 0.15) is 0 Å². The monoisotopic (exact) mass is 307 g/mol. The van der Waals surface area contributed by atoms with Crippen LogP contribution in [0, 0.1) is 5.92 Å². The molecule has 0 saturated heterocycles. The largest absolute Gasteiger partial charge is 0.504 e. The van der Waals surface area contributed by atoms with Gasteiger partial charge in [0.2, 0.25) is 0 Å². The van der Waals surface area contributed by atoms with E-state index in [1.165, 1.54) is 57.4 Å². The summed E-state index contributed by atoms with van der Waals surface area (Å²) in [6.45, 7) is 5.51. The SMILES string of the molecule is CC(C)CCCCCCCCCCNc1ccc(O)c(O)c1. The van der Waals surface area contributed by atoms with Gasteiger partial charge in [-0.25, -0.2) is 0 Å². The Morgan fingerprint density at radius 1 is 0.818 bits per heavy atom. The van der Waals surface area contributed by atoms with E-state index in [9.17, 15) is 10.2 Å². The summed E-state index contributed by atoms with van der Waals surface area (Å²) < 4.78 is 0. The molecule has 0 aliphatic rings. The van der Waals surface area contributed by atoms with Crippen molar-refractivity contribution < 1.29 is 10.2 Å². The van der Waals surface area contributed by atoms with Crippen LogP contribution in [0.25, 0.3) is 0 Å². The normalized spacial score (nSPS) is 11.0. The van der Waals surface area contributed by atoms with E-state index < -0.39 is 0 Å². The Hall–Kier alpha value is -1.38. The van der Waals surface area contributed by atoms with E-state index in [2.05, 4.69) is 19.2 Å². The second-order valence-electron chi connectivity index (χ2n) is 6.64. The molecule has 0 saturated carbocycles. The van der Waals surface area contributed by atoms with Crippen LogP contribution in [-0.4, -0.2) is 16.8 Å². The van der Waals surface area contributed by atoms with Crippen molar-refractivity contribution in [1.82, 2.24) is 0 Å². The van der Waals surface area contributed by atoms with Crippen LogP contribution in [-0.2, 0) is 0 Å². The molecule has 0 bridgehead atoms. The molecule has 0 aromatic heterocycles. The van der Waals surface area contributed by atoms with Gasteiger partial charge in [0, 0.05) is 18.3 Å². The maximum absolute atomic E-state index is 9.40. The van der Waals surface area contributed by atoms with Gasteiger partial charge in [0.05, 0.1) is 0 Å². The number of phenols is 2. The average molecular weight is 307 g/mol. The first kappa shape index (κ1) is 18.7. The third kappa shape index (κ3) is 8.81. The molecular weight excluding hydrogens is 274 g/mol. The predicted molar refractivity (Wildman–Crippen MR) is 94.7 cm³/mol. The third-order valence-corrected chi connectivity index (χ3v) is 4.01. The molecule has 0 atom stereocenters. The zero-order valence-electron chi connectivity index (χ0n) is 14.3. The van der Waals surface area contributed by atoms with Crippen molar-refractivity contribution in [1.29, 1.82) is 0 Å². The fourth-order valence-electron chi connectivity index (χ4n) is 2.60. The third-order valence-electron chi connectivity index (χ3n) is 4.01. The van der Waals surface area contributed by atoms with Crippen molar-refractivity contribution >= 4 is 5.69 Å². The molecule has 0 aliphatic heterocycles. The van der Waals surface area contributed by atoms with Gasteiger partial charge in [-0.3, -0.25) is 0 Å². The van der Waals surface area contributed by atoms with Crippen molar-refractivity contribution in [2.24, 2.45) is 5.92 Å². The maximum atomic E-state index is 9.40. The first-order chi connectivity index (χ1) is 10.6. The van der Waals surface area contributed by atoms with Crippen LogP contribution in [0.4, 0.5) is 5.69 Å². The van der Waals surface area contributed by atoms with E-state index in [4.69, 9.17) is 0 Å². The molecule has 0 spiro atoms. The topological polar surface area (TPSA) is 52.5 Å². The lowest BCUT2D eigenvalue weighted by Crippen LogP contribution is -2.01. The van der Waals surface area contributed by atoms with Gasteiger partial charge in [-0.1, -0.05) is 65.2 Å². The van der Waals surface area contributed by atoms with Gasteiger partial charge in [0.15, 0.2) is 11.5 Å². The lowest BCUT2D eigenvalue weighted by atomic mass is 10.0. The Kier molecular flexibility index (Phi) is 9.52. The maximum Gasteiger partial charge on any atom is 0.159 e. The number of anilines is 1. The minimum atomic E-state index is -0.0704. The van der Waals surface area contributed by atoms with E-state index in [1.54, 1.807) is 12.1 Å². The molecule has 0 radical (unpaired) electrons. The number of nitrogens with one attached hydrogen (secondary N) is 1. The number of unbranched alkanes of at least 4 members (excludes halogenated alkanes) is 7. The second-order valence-corrected chi connectivity index (χ2v) is 6.64. The van der Waals surface area contributed by atoms with Crippen LogP contribution in [0.2, 0.25) is 0 Å². The summed E-state index contributed by atoms with van der Waals surface area (Å²) >= 11 is 0. The second kappa shape index (κ2) is 11.2. The van der Waals surface area contributed by atoms with Crippen LogP contribution in [0.5, 0.6) is 11.5 Å². The smallest absolute Gasteiger partial charge is 0.159 e. The molecule has 3 heteroatoms. The highest BCUT2D eigenvalue weighted by atomic mass is 16.3. The summed E-state index contributed by atoms with van der Waals surface area (Å²) in [5.41, 5.74) is 0.862. The van der Waals surface area contributed by atoms with E-state index in [0.717, 1.165) is 24.6 Å². The molecule has 3 N–H and O–H groups in total. The fourth-order valence-corrected chi connectivity index (χ4v) is 2.60. The molecule has 0 heterocycles. The van der Waals surface area contributed by atoms with Crippen molar-refractivity contribution in [3.63, 3.8) is 0 Å². The van der Waals surface area contributed by atoms with Gasteiger partial charge in [-0.2, -0.15) is 0 Å². The number of benzene rings is 1. The van der Waals surface area contributed by atoms with Crippen LogP contribution < -0.4 is 5.32 Å². The summed E-state index contributed by atoms with van der Waals surface area (Å²) in [6.07, 6.45) is 12.0. The summed E-state index contributed by atoms with van der Waals surface area (Å²) in [7, 11) is 0. The molecule has 0 fully saturated rings. The van der Waals surface area contributed by atoms with E-state index in [0.29, 0.717) is 0 Å². The minimum Gasteiger partial charge on any atom is -0.504 e. The number of aromatic hydroxyl groups is 2. The number of hydrogen-bond donors (Lipinski definition) is 3. The Balaban J connectivity index is 1.90. The Morgan fingerprint density at radius 2 is 1.41 bits per heavy atom. The van der Waals surface area contributed by atoms with Crippen LogP contribution in [0.1, 0.15) is 71.6 Å². The minimum absolute atomic E-state index is 0.0672. The standard InChI is InChI=1S/C19H33NO2/c1-16(2)11-9-7-5-3-4-6-8-10-14-20-17-12-13-18(21)19(22)15-17/h12-13,15-16,20-22H,3-11,14H2,1-2H3. The average Bonchev–Trinajstić information content (AvgIpc) is 2.48. The highest BCUT2D eigenvalue weighted by Crippen LogP contribution is 2.27. The lowest BCUT2D eigenvalue weighted by molar-refractivity contribution is 0.404. The van der Waals surface area contributed by atoms with Crippen LogP contribution in [0.15, 0.2) is 18.2 Å². The van der Waals surface area contributed by atoms with Crippen molar-refractivity contribution in [2.75, 3.05) is 11.9 Å². The quantitative estimate of drug-likeness (QED) is 0.265. The highest BCUT2D eigenvalue weighted by molar-refractivity contribution is 5.53. The van der Waals surface area contributed by atoms with E-state index in [-0.39, 0.29) is 11.5 Å². The first-order valence-electron chi connectivity index (χ1n) is 8.85. The van der Waals surface area contributed by atoms with Gasteiger partial charge >= 0.3 is 0 Å². The zero-order valence-corrected chi connectivity index (χ0v) is 14.3. The Labute approximate surface area is 135 Å². The highest BCUT2D eigenvalue weighted by Gasteiger charge is 2.00. The zero-order chi connectivity index (χ0) is 16.2. The number of phenolic OH excluding ortho intramolecular Hbond substituents is 2. The van der Waals surface area contributed by atoms with Gasteiger partial charge < -0.3 is 15.5 Å². The lowest BCUT2D eigenvalue weighted by Gasteiger charge is -2.07. The van der Waals surface area contributed by atoms with Crippen molar-refractivity contribution in [3.8, 4) is 11.5 Å². The predicted octanol–water partition coefficient (Wildman–Crippen LogP) is 5.68. The summed E-state index contributed by atoms with van der Waals surface area (Å²) in [6, 6.07) is 4.86. The van der Waals surface area contributed by atoms with Crippen LogP contribution in [0.3, 0.4) is 0 Å². The fraction of sp³-hybridized carbons (Fsp3) is 0.684. The molecule has 0 aliphatic carbocycles. The van der Waals surface area contributed by atoms with Gasteiger partial charge in [-0.15, -0.1) is 0 Å². The van der Waals surface area contributed by atoms with Crippen molar-refractivity contribution in [3.05, 3.63) is 18.2 Å². The number of hydrogen-bond acceptors (Lipinski definition) is 3. The molecule has 1 aromatic rings. The summed E-state index contributed by atoms with van der Waals surface area (Å²) in [4.78, 5) is 0. The number of rotatable bonds is 12. The van der Waals surface area contributed by atoms with Gasteiger partial charge in [-0.05, 0) is 24.5 Å². The summed E-state index contributed by atoms with van der Waals surface area (Å²) in [5.74, 6) is 0.712. The van der Waals surface area contributed by atoms with Crippen LogP contribution >= 0.6 is 0 Å². The molecule has 0 unspecified atom stereocenters. The van der Waals surface area contributed by atoms with E-state index >= 15 is 0 Å². The van der Waals surface area contributed by atoms with Gasteiger partial charge in [0.25, 0.3) is 0 Å². The molecule has 0 amide bonds. The first-order valence-corrected chi connectivity index (χ1v) is 8.85. The van der Waals surface area contributed by atoms with Crippen molar-refractivity contribution in [2.45, 2.75) is 71.6 Å². The molecular formula is C19H33NO2. The molecule has 3 nitrogen and oxygen atoms in total. The van der Waals surface area contributed by atoms with E-state index in [1.807, 2.05) is 0 Å². The Morgan fingerprint density at radius 3 is 2.00 bits per heavy atom. The molecule has 1 aromatic carbocycles. The molecule has 1 rings (SSSR count). The molecule has 126 valence electrons. The summed E-state index contributed by atoms with van der Waals surface area (Å²) in [5, 5.41) is 21.9. The Bertz CT molecular complexity index is 404. The molecule has 22 heavy (non-hydrogen) atoms.